The number of benzene rings is 1. The maximum atomic E-state index is 13.5. The molecule has 0 unspecified atom stereocenters. The molecule has 0 saturated heterocycles. The molecule has 0 saturated carbocycles. The highest BCUT2D eigenvalue weighted by Crippen LogP contribution is 2.11. The number of halogens is 3. The van der Waals surface area contributed by atoms with Crippen molar-refractivity contribution in [2.45, 2.75) is 19.4 Å². The van der Waals surface area contributed by atoms with Gasteiger partial charge in [0.05, 0.1) is 0 Å². The second-order valence-electron chi connectivity index (χ2n) is 5.01. The summed E-state index contributed by atoms with van der Waals surface area (Å²) in [5.74, 6) is -0.956. The lowest BCUT2D eigenvalue weighted by Crippen LogP contribution is -2.39. The van der Waals surface area contributed by atoms with Gasteiger partial charge >= 0.3 is 0 Å². The van der Waals surface area contributed by atoms with Crippen molar-refractivity contribution in [3.8, 4) is 0 Å². The summed E-state index contributed by atoms with van der Waals surface area (Å²) < 4.78 is 28.5. The number of guanidine groups is 1. The molecule has 2 aromatic rings. The van der Waals surface area contributed by atoms with E-state index in [9.17, 15) is 8.78 Å². The molecule has 1 aromatic carbocycles. The first-order valence-electron chi connectivity index (χ1n) is 7.55. The third-order valence-corrected chi connectivity index (χ3v) is 3.36. The van der Waals surface area contributed by atoms with E-state index in [0.717, 1.165) is 25.6 Å². The van der Waals surface area contributed by atoms with E-state index in [-0.39, 0.29) is 24.0 Å². The molecule has 5 nitrogen and oxygen atoms in total. The summed E-state index contributed by atoms with van der Waals surface area (Å²) in [5, 5.41) is 10.4. The van der Waals surface area contributed by atoms with E-state index in [1.54, 1.807) is 19.3 Å². The first kappa shape index (κ1) is 20.3. The van der Waals surface area contributed by atoms with E-state index in [0.29, 0.717) is 24.5 Å². The van der Waals surface area contributed by atoms with E-state index >= 15 is 0 Å². The zero-order valence-electron chi connectivity index (χ0n) is 13.5. The fourth-order valence-electron chi connectivity index (χ4n) is 2.16. The molecule has 0 aliphatic heterocycles. The van der Waals surface area contributed by atoms with E-state index in [1.807, 2.05) is 16.9 Å². The van der Waals surface area contributed by atoms with Gasteiger partial charge in [-0.05, 0) is 30.5 Å². The fraction of sp³-hybridized carbons (Fsp3) is 0.375. The second kappa shape index (κ2) is 11.0. The molecule has 0 amide bonds. The van der Waals surface area contributed by atoms with Crippen molar-refractivity contribution in [3.05, 3.63) is 53.9 Å². The van der Waals surface area contributed by atoms with Gasteiger partial charge in [0.25, 0.3) is 0 Å². The van der Waals surface area contributed by atoms with Crippen LogP contribution in [0.4, 0.5) is 8.78 Å². The number of aryl methyl sites for hydroxylation is 1. The summed E-state index contributed by atoms with van der Waals surface area (Å²) in [6, 6.07) is 6.10. The lowest BCUT2D eigenvalue weighted by atomic mass is 10.1. The molecule has 0 radical (unpaired) electrons. The standard InChI is InChI=1S/C16H21F2N5.HI/c1-19-16(20-8-3-11-23-12-4-9-22-23)21-10-7-13-5-2-6-14(17)15(13)18;/h2,4-6,9,12H,3,7-8,10-11H2,1H3,(H2,19,20,21);1H. The quantitative estimate of drug-likeness (QED) is 0.296. The molecule has 24 heavy (non-hydrogen) atoms. The van der Waals surface area contributed by atoms with E-state index in [2.05, 4.69) is 20.7 Å². The van der Waals surface area contributed by atoms with E-state index in [1.165, 1.54) is 6.07 Å². The number of aromatic nitrogens is 2. The van der Waals surface area contributed by atoms with E-state index < -0.39 is 11.6 Å². The Bertz CT molecular complexity index is 631. The van der Waals surface area contributed by atoms with Crippen LogP contribution in [0.3, 0.4) is 0 Å². The Kier molecular flexibility index (Phi) is 9.28. The number of nitrogens with one attached hydrogen (secondary N) is 2. The van der Waals surface area contributed by atoms with Crippen molar-refractivity contribution in [2.24, 2.45) is 4.99 Å². The summed E-state index contributed by atoms with van der Waals surface area (Å²) in [6.45, 7) is 2.04. The molecule has 0 spiro atoms. The summed E-state index contributed by atoms with van der Waals surface area (Å²) >= 11 is 0. The molecular formula is C16H22F2IN5. The van der Waals surface area contributed by atoms with Gasteiger partial charge in [-0.1, -0.05) is 12.1 Å². The Labute approximate surface area is 157 Å². The first-order chi connectivity index (χ1) is 11.2. The largest absolute Gasteiger partial charge is 0.356 e. The lowest BCUT2D eigenvalue weighted by molar-refractivity contribution is 0.498. The van der Waals surface area contributed by atoms with Crippen LogP contribution in [0.2, 0.25) is 0 Å². The Hall–Kier alpha value is -1.71. The monoisotopic (exact) mass is 449 g/mol. The van der Waals surface area contributed by atoms with Crippen LogP contribution in [0, 0.1) is 11.6 Å². The zero-order valence-corrected chi connectivity index (χ0v) is 15.8. The predicted octanol–water partition coefficient (Wildman–Crippen LogP) is 2.58. The van der Waals surface area contributed by atoms with Crippen LogP contribution >= 0.6 is 24.0 Å². The summed E-state index contributed by atoms with van der Waals surface area (Å²) in [7, 11) is 1.67. The van der Waals surface area contributed by atoms with Gasteiger partial charge in [-0.25, -0.2) is 8.78 Å². The topological polar surface area (TPSA) is 54.2 Å². The normalized spacial score (nSPS) is 11.0. The average molecular weight is 449 g/mol. The molecule has 0 bridgehead atoms. The smallest absolute Gasteiger partial charge is 0.190 e. The van der Waals surface area contributed by atoms with Crippen LogP contribution in [-0.2, 0) is 13.0 Å². The number of nitrogens with zero attached hydrogens (tertiary/aromatic N) is 3. The first-order valence-corrected chi connectivity index (χ1v) is 7.55. The van der Waals surface area contributed by atoms with Crippen LogP contribution in [0.5, 0.6) is 0 Å². The van der Waals surface area contributed by atoms with Crippen LogP contribution < -0.4 is 10.6 Å². The van der Waals surface area contributed by atoms with Crippen LogP contribution in [0.15, 0.2) is 41.7 Å². The number of hydrogen-bond donors (Lipinski definition) is 2. The van der Waals surface area contributed by atoms with Crippen molar-refractivity contribution < 1.29 is 8.78 Å². The maximum Gasteiger partial charge on any atom is 0.190 e. The van der Waals surface area contributed by atoms with Crippen molar-refractivity contribution in [1.82, 2.24) is 20.4 Å². The van der Waals surface area contributed by atoms with Gasteiger partial charge in [-0.3, -0.25) is 9.67 Å². The molecule has 132 valence electrons. The Morgan fingerprint density at radius 1 is 1.21 bits per heavy atom. The minimum Gasteiger partial charge on any atom is -0.356 e. The molecule has 8 heteroatoms. The number of rotatable bonds is 7. The minimum absolute atomic E-state index is 0. The molecule has 0 aliphatic rings. The predicted molar refractivity (Wildman–Crippen MR) is 102 cm³/mol. The summed E-state index contributed by atoms with van der Waals surface area (Å²) in [6.07, 6.45) is 4.96. The molecule has 1 aromatic heterocycles. The maximum absolute atomic E-state index is 13.5. The van der Waals surface area contributed by atoms with Crippen LogP contribution in [-0.4, -0.2) is 35.9 Å². The highest BCUT2D eigenvalue weighted by atomic mass is 127. The van der Waals surface area contributed by atoms with Crippen LogP contribution in [0.1, 0.15) is 12.0 Å². The van der Waals surface area contributed by atoms with Crippen molar-refractivity contribution in [1.29, 1.82) is 0 Å². The lowest BCUT2D eigenvalue weighted by Gasteiger charge is -2.12. The van der Waals surface area contributed by atoms with Gasteiger partial charge in [-0.15, -0.1) is 24.0 Å². The highest BCUT2D eigenvalue weighted by molar-refractivity contribution is 14.0. The summed E-state index contributed by atoms with van der Waals surface area (Å²) in [5.41, 5.74) is 0.353. The van der Waals surface area contributed by atoms with Crippen molar-refractivity contribution in [3.63, 3.8) is 0 Å². The van der Waals surface area contributed by atoms with Gasteiger partial charge in [0, 0.05) is 39.1 Å². The highest BCUT2D eigenvalue weighted by Gasteiger charge is 2.07. The van der Waals surface area contributed by atoms with Gasteiger partial charge in [0.2, 0.25) is 0 Å². The molecular weight excluding hydrogens is 427 g/mol. The van der Waals surface area contributed by atoms with Crippen LogP contribution in [0.25, 0.3) is 0 Å². The van der Waals surface area contributed by atoms with Gasteiger partial charge in [0.1, 0.15) is 0 Å². The molecule has 2 rings (SSSR count). The van der Waals surface area contributed by atoms with Crippen molar-refractivity contribution >= 4 is 29.9 Å². The molecule has 0 fully saturated rings. The Balaban J connectivity index is 0.00000288. The molecule has 2 N–H and O–H groups in total. The third kappa shape index (κ3) is 6.42. The van der Waals surface area contributed by atoms with Gasteiger partial charge in [-0.2, -0.15) is 5.10 Å². The molecule has 1 heterocycles. The molecule has 0 atom stereocenters. The zero-order chi connectivity index (χ0) is 16.5. The second-order valence-corrected chi connectivity index (χ2v) is 5.01. The van der Waals surface area contributed by atoms with E-state index in [4.69, 9.17) is 0 Å². The fourth-order valence-corrected chi connectivity index (χ4v) is 2.16. The minimum atomic E-state index is -0.816. The molecule has 0 aliphatic carbocycles. The Morgan fingerprint density at radius 2 is 2.00 bits per heavy atom. The summed E-state index contributed by atoms with van der Waals surface area (Å²) in [4.78, 5) is 4.10. The van der Waals surface area contributed by atoms with Gasteiger partial charge < -0.3 is 10.6 Å². The number of hydrogen-bond acceptors (Lipinski definition) is 2. The average Bonchev–Trinajstić information content (AvgIpc) is 3.07. The number of aliphatic imine (C=N–C) groups is 1. The Morgan fingerprint density at radius 3 is 2.71 bits per heavy atom. The third-order valence-electron chi connectivity index (χ3n) is 3.36. The van der Waals surface area contributed by atoms with Gasteiger partial charge in [0.15, 0.2) is 17.6 Å². The SMILES string of the molecule is CN=C(NCCCn1cccn1)NCCc1cccc(F)c1F.I. The van der Waals surface area contributed by atoms with Crippen molar-refractivity contribution in [2.75, 3.05) is 20.1 Å².